The number of pyridine rings is 1. The summed E-state index contributed by atoms with van der Waals surface area (Å²) in [6.45, 7) is 5.39. The molecule has 0 aliphatic carbocycles. The van der Waals surface area contributed by atoms with Crippen molar-refractivity contribution in [1.29, 1.82) is 0 Å². The Kier molecular flexibility index (Phi) is 4.90. The van der Waals surface area contributed by atoms with Crippen LogP contribution in [-0.4, -0.2) is 31.3 Å². The summed E-state index contributed by atoms with van der Waals surface area (Å²) in [6, 6.07) is 3.68. The molecule has 0 aromatic carbocycles. The lowest BCUT2D eigenvalue weighted by molar-refractivity contribution is 0.211. The van der Waals surface area contributed by atoms with Crippen molar-refractivity contribution < 1.29 is 9.47 Å². The maximum atomic E-state index is 5.56. The summed E-state index contributed by atoms with van der Waals surface area (Å²) >= 11 is 0. The average Bonchev–Trinajstić information content (AvgIpc) is 2.22. The van der Waals surface area contributed by atoms with Crippen molar-refractivity contribution in [2.24, 2.45) is 0 Å². The van der Waals surface area contributed by atoms with E-state index < -0.39 is 0 Å². The number of hydrogen-bond donors (Lipinski definition) is 1. The summed E-state index contributed by atoms with van der Waals surface area (Å²) in [7, 11) is 1.89. The zero-order valence-corrected chi connectivity index (χ0v) is 9.49. The molecule has 1 aromatic rings. The minimum absolute atomic E-state index is 0.112. The van der Waals surface area contributed by atoms with E-state index in [2.05, 4.69) is 10.3 Å². The number of hydrogen-bond acceptors (Lipinski definition) is 4. The molecule has 0 amide bonds. The molecule has 4 heteroatoms. The van der Waals surface area contributed by atoms with Crippen molar-refractivity contribution in [1.82, 2.24) is 10.3 Å². The largest absolute Gasteiger partial charge is 0.492 e. The highest BCUT2D eigenvalue weighted by Crippen LogP contribution is 2.14. The van der Waals surface area contributed by atoms with Gasteiger partial charge in [-0.1, -0.05) is 0 Å². The Balaban J connectivity index is 2.48. The Labute approximate surface area is 90.6 Å². The van der Waals surface area contributed by atoms with Crippen LogP contribution in [0.15, 0.2) is 18.3 Å². The average molecular weight is 210 g/mol. The van der Waals surface area contributed by atoms with Crippen molar-refractivity contribution in [3.63, 3.8) is 0 Å². The first-order valence-electron chi connectivity index (χ1n) is 5.16. The highest BCUT2D eigenvalue weighted by Gasteiger charge is 2.03. The van der Waals surface area contributed by atoms with Gasteiger partial charge in [0, 0.05) is 12.6 Å². The van der Waals surface area contributed by atoms with Crippen LogP contribution >= 0.6 is 0 Å². The van der Waals surface area contributed by atoms with Crippen molar-refractivity contribution in [3.8, 4) is 11.6 Å². The molecule has 0 saturated heterocycles. The maximum absolute atomic E-state index is 5.56. The van der Waals surface area contributed by atoms with Crippen molar-refractivity contribution >= 4 is 0 Å². The molecule has 1 atom stereocenters. The maximum Gasteiger partial charge on any atom is 0.213 e. The summed E-state index contributed by atoms with van der Waals surface area (Å²) in [5.74, 6) is 1.40. The van der Waals surface area contributed by atoms with Crippen LogP contribution in [0, 0.1) is 0 Å². The quantitative estimate of drug-likeness (QED) is 0.772. The fraction of sp³-hybridized carbons (Fsp3) is 0.545. The van der Waals surface area contributed by atoms with E-state index in [9.17, 15) is 0 Å². The van der Waals surface area contributed by atoms with Gasteiger partial charge in [0.15, 0.2) is 0 Å². The molecule has 0 aliphatic heterocycles. The number of nitrogens with zero attached hydrogens (tertiary/aromatic N) is 1. The van der Waals surface area contributed by atoms with Gasteiger partial charge in [-0.25, -0.2) is 4.98 Å². The van der Waals surface area contributed by atoms with E-state index in [0.717, 1.165) is 12.3 Å². The monoisotopic (exact) mass is 210 g/mol. The van der Waals surface area contributed by atoms with E-state index in [-0.39, 0.29) is 6.10 Å². The second-order valence-corrected chi connectivity index (χ2v) is 3.25. The summed E-state index contributed by atoms with van der Waals surface area (Å²) in [6.07, 6.45) is 1.78. The minimum atomic E-state index is 0.112. The van der Waals surface area contributed by atoms with Crippen LogP contribution in [0.25, 0.3) is 0 Å². The second-order valence-electron chi connectivity index (χ2n) is 3.25. The summed E-state index contributed by atoms with van der Waals surface area (Å²) in [5, 5.41) is 3.04. The first-order valence-corrected chi connectivity index (χ1v) is 5.16. The summed E-state index contributed by atoms with van der Waals surface area (Å²) in [5.41, 5.74) is 0. The molecule has 84 valence electrons. The predicted molar refractivity (Wildman–Crippen MR) is 59.4 cm³/mol. The van der Waals surface area contributed by atoms with Crippen LogP contribution in [0.2, 0.25) is 0 Å². The minimum Gasteiger partial charge on any atom is -0.492 e. The third kappa shape index (κ3) is 4.16. The van der Waals surface area contributed by atoms with Crippen molar-refractivity contribution in [3.05, 3.63) is 18.3 Å². The zero-order valence-electron chi connectivity index (χ0n) is 9.49. The van der Waals surface area contributed by atoms with E-state index in [1.165, 1.54) is 0 Å². The molecule has 1 N–H and O–H groups in total. The van der Waals surface area contributed by atoms with E-state index >= 15 is 0 Å². The number of nitrogens with one attached hydrogen (secondary N) is 1. The molecular formula is C11H18N2O2. The number of aromatic nitrogens is 1. The normalized spacial score (nSPS) is 12.2. The third-order valence-electron chi connectivity index (χ3n) is 1.83. The lowest BCUT2D eigenvalue weighted by Crippen LogP contribution is -2.26. The fourth-order valence-electron chi connectivity index (χ4n) is 1.22. The summed E-state index contributed by atoms with van der Waals surface area (Å²) < 4.78 is 10.8. The van der Waals surface area contributed by atoms with Gasteiger partial charge in [-0.3, -0.25) is 0 Å². The molecule has 0 saturated carbocycles. The lowest BCUT2D eigenvalue weighted by Gasteiger charge is -2.13. The molecule has 0 spiro atoms. The van der Waals surface area contributed by atoms with E-state index in [0.29, 0.717) is 12.5 Å². The fourth-order valence-corrected chi connectivity index (χ4v) is 1.22. The van der Waals surface area contributed by atoms with Gasteiger partial charge in [0.25, 0.3) is 0 Å². The smallest absolute Gasteiger partial charge is 0.213 e. The Bertz CT molecular complexity index is 274. The zero-order chi connectivity index (χ0) is 11.1. The molecule has 15 heavy (non-hydrogen) atoms. The molecule has 0 fully saturated rings. The Morgan fingerprint density at radius 3 is 2.80 bits per heavy atom. The van der Waals surface area contributed by atoms with Gasteiger partial charge in [0.05, 0.1) is 12.8 Å². The Hall–Kier alpha value is -1.29. The van der Waals surface area contributed by atoms with Gasteiger partial charge in [0.2, 0.25) is 5.88 Å². The van der Waals surface area contributed by atoms with Gasteiger partial charge in [-0.2, -0.15) is 0 Å². The third-order valence-corrected chi connectivity index (χ3v) is 1.83. The first-order chi connectivity index (χ1) is 7.26. The molecule has 0 bridgehead atoms. The number of rotatable bonds is 6. The lowest BCUT2D eigenvalue weighted by atomic mass is 10.4. The van der Waals surface area contributed by atoms with Crippen LogP contribution < -0.4 is 14.8 Å². The van der Waals surface area contributed by atoms with Gasteiger partial charge < -0.3 is 14.8 Å². The van der Waals surface area contributed by atoms with Crippen LogP contribution in [0.4, 0.5) is 0 Å². The molecule has 0 unspecified atom stereocenters. The Morgan fingerprint density at radius 2 is 2.27 bits per heavy atom. The van der Waals surface area contributed by atoms with Crippen LogP contribution in [0.3, 0.4) is 0 Å². The van der Waals surface area contributed by atoms with Gasteiger partial charge in [-0.15, -0.1) is 0 Å². The van der Waals surface area contributed by atoms with Gasteiger partial charge in [0.1, 0.15) is 11.9 Å². The first kappa shape index (κ1) is 11.8. The van der Waals surface area contributed by atoms with Gasteiger partial charge >= 0.3 is 0 Å². The number of ether oxygens (including phenoxy) is 2. The standard InChI is InChI=1S/C11H18N2O2/c1-4-14-10-5-6-11(13-8-10)15-9(2)7-12-3/h5-6,8-9,12H,4,7H2,1-3H3/t9-/m1/s1. The molecule has 4 nitrogen and oxygen atoms in total. The SMILES string of the molecule is CCOc1ccc(O[C@H](C)CNC)nc1. The van der Waals surface area contributed by atoms with E-state index in [4.69, 9.17) is 9.47 Å². The highest BCUT2D eigenvalue weighted by atomic mass is 16.5. The van der Waals surface area contributed by atoms with Crippen LogP contribution in [-0.2, 0) is 0 Å². The second kappa shape index (κ2) is 6.24. The number of likely N-dealkylation sites (N-methyl/N-ethyl adjacent to an activating group) is 1. The molecule has 1 aromatic heterocycles. The molecule has 1 rings (SSSR count). The van der Waals surface area contributed by atoms with E-state index in [1.807, 2.05) is 33.0 Å². The molecular weight excluding hydrogens is 192 g/mol. The topological polar surface area (TPSA) is 43.4 Å². The van der Waals surface area contributed by atoms with Crippen LogP contribution in [0.5, 0.6) is 11.6 Å². The predicted octanol–water partition coefficient (Wildman–Crippen LogP) is 1.47. The van der Waals surface area contributed by atoms with E-state index in [1.54, 1.807) is 6.20 Å². The van der Waals surface area contributed by atoms with Gasteiger partial charge in [-0.05, 0) is 27.0 Å². The van der Waals surface area contributed by atoms with Crippen molar-refractivity contribution in [2.75, 3.05) is 20.2 Å². The van der Waals surface area contributed by atoms with Crippen LogP contribution in [0.1, 0.15) is 13.8 Å². The summed E-state index contributed by atoms with van der Waals surface area (Å²) in [4.78, 5) is 4.14. The molecule has 0 aliphatic rings. The molecule has 1 heterocycles. The molecule has 0 radical (unpaired) electrons. The Morgan fingerprint density at radius 1 is 1.47 bits per heavy atom. The highest BCUT2D eigenvalue weighted by molar-refractivity contribution is 5.22. The van der Waals surface area contributed by atoms with Crippen molar-refractivity contribution in [2.45, 2.75) is 20.0 Å².